The Morgan fingerprint density at radius 3 is 3.06 bits per heavy atom. The number of nitrogens with zero attached hydrogens (tertiary/aromatic N) is 1. The predicted octanol–water partition coefficient (Wildman–Crippen LogP) is 2.81. The molecule has 1 atom stereocenters. The topological polar surface area (TPSA) is 38.3 Å². The molecule has 0 bridgehead atoms. The van der Waals surface area contributed by atoms with Gasteiger partial charge >= 0.3 is 0 Å². The lowest BCUT2D eigenvalue weighted by atomic mass is 9.95. The molecular formula is C14H17NO2. The Balaban J connectivity index is 1.89. The van der Waals surface area contributed by atoms with Crippen LogP contribution in [0.2, 0.25) is 0 Å². The first kappa shape index (κ1) is 10.7. The van der Waals surface area contributed by atoms with Crippen molar-refractivity contribution in [3.05, 3.63) is 47.2 Å². The molecule has 0 fully saturated rings. The van der Waals surface area contributed by atoms with E-state index in [0.717, 1.165) is 42.9 Å². The highest BCUT2D eigenvalue weighted by Crippen LogP contribution is 2.30. The number of aliphatic hydroxyl groups excluding tert-OH is 1. The third-order valence-corrected chi connectivity index (χ3v) is 3.49. The average Bonchev–Trinajstić information content (AvgIpc) is 2.88. The van der Waals surface area contributed by atoms with Crippen LogP contribution in [0.4, 0.5) is 0 Å². The highest BCUT2D eigenvalue weighted by molar-refractivity contribution is 5.28. The Morgan fingerprint density at radius 2 is 2.29 bits per heavy atom. The molecule has 90 valence electrons. The summed E-state index contributed by atoms with van der Waals surface area (Å²) in [5, 5.41) is 9.91. The summed E-state index contributed by atoms with van der Waals surface area (Å²) in [5.74, 6) is 1.92. The molecule has 0 spiro atoms. The zero-order valence-corrected chi connectivity index (χ0v) is 10.0. The van der Waals surface area contributed by atoms with E-state index in [-0.39, 0.29) is 6.10 Å². The van der Waals surface area contributed by atoms with E-state index in [1.165, 1.54) is 5.69 Å². The molecule has 2 aromatic rings. The number of aryl methyl sites for hydroxylation is 1. The van der Waals surface area contributed by atoms with Crippen LogP contribution in [0.5, 0.6) is 0 Å². The third-order valence-electron chi connectivity index (χ3n) is 3.49. The molecule has 0 radical (unpaired) electrons. The summed E-state index contributed by atoms with van der Waals surface area (Å²) in [4.78, 5) is 0. The van der Waals surface area contributed by atoms with Crippen molar-refractivity contribution < 1.29 is 9.52 Å². The molecule has 2 heterocycles. The highest BCUT2D eigenvalue weighted by Gasteiger charge is 2.21. The fourth-order valence-electron chi connectivity index (χ4n) is 2.62. The fraction of sp³-hybridized carbons (Fsp3) is 0.429. The van der Waals surface area contributed by atoms with Crippen LogP contribution in [0.25, 0.3) is 0 Å². The van der Waals surface area contributed by atoms with E-state index in [9.17, 15) is 5.11 Å². The van der Waals surface area contributed by atoms with E-state index in [1.54, 1.807) is 0 Å². The summed E-state index contributed by atoms with van der Waals surface area (Å²) in [7, 11) is 0. The van der Waals surface area contributed by atoms with E-state index in [2.05, 4.69) is 10.8 Å². The third kappa shape index (κ3) is 1.91. The van der Waals surface area contributed by atoms with Gasteiger partial charge in [-0.1, -0.05) is 0 Å². The Labute approximate surface area is 101 Å². The number of aliphatic hydroxyl groups is 1. The van der Waals surface area contributed by atoms with Crippen molar-refractivity contribution in [2.75, 3.05) is 0 Å². The molecule has 3 heteroatoms. The molecular weight excluding hydrogens is 214 g/mol. The Kier molecular flexibility index (Phi) is 2.56. The minimum absolute atomic E-state index is 0.279. The minimum Gasteiger partial charge on any atom is -0.464 e. The van der Waals surface area contributed by atoms with Gasteiger partial charge in [0.05, 0.1) is 12.6 Å². The van der Waals surface area contributed by atoms with Gasteiger partial charge in [0.25, 0.3) is 0 Å². The molecule has 1 aliphatic carbocycles. The Bertz CT molecular complexity index is 524. The molecule has 0 aromatic carbocycles. The first-order chi connectivity index (χ1) is 8.24. The molecule has 3 rings (SSSR count). The van der Waals surface area contributed by atoms with Gasteiger partial charge in [-0.25, -0.2) is 0 Å². The second-order valence-corrected chi connectivity index (χ2v) is 4.77. The molecule has 1 N–H and O–H groups in total. The van der Waals surface area contributed by atoms with Crippen molar-refractivity contribution >= 4 is 0 Å². The number of hydrogen-bond acceptors (Lipinski definition) is 2. The maximum Gasteiger partial charge on any atom is 0.123 e. The quantitative estimate of drug-likeness (QED) is 0.863. The van der Waals surface area contributed by atoms with Gasteiger partial charge in [0.2, 0.25) is 0 Å². The average molecular weight is 231 g/mol. The summed E-state index contributed by atoms with van der Waals surface area (Å²) in [6.07, 6.45) is 4.78. The van der Waals surface area contributed by atoms with E-state index >= 15 is 0 Å². The molecule has 0 aliphatic heterocycles. The Hall–Kier alpha value is -1.48. The second kappa shape index (κ2) is 4.08. The lowest BCUT2D eigenvalue weighted by Gasteiger charge is -2.19. The van der Waals surface area contributed by atoms with Gasteiger partial charge < -0.3 is 14.1 Å². The molecule has 0 amide bonds. The van der Waals surface area contributed by atoms with E-state index in [1.807, 2.05) is 25.1 Å². The van der Waals surface area contributed by atoms with Gasteiger partial charge in [0.15, 0.2) is 0 Å². The largest absolute Gasteiger partial charge is 0.464 e. The lowest BCUT2D eigenvalue weighted by Crippen LogP contribution is -2.12. The van der Waals surface area contributed by atoms with Crippen molar-refractivity contribution in [2.45, 2.75) is 38.8 Å². The van der Waals surface area contributed by atoms with Gasteiger partial charge in [-0.2, -0.15) is 0 Å². The van der Waals surface area contributed by atoms with Crippen molar-refractivity contribution in [3.63, 3.8) is 0 Å². The number of furan rings is 1. The SMILES string of the molecule is Cc1ccc(Cn2ccc3c2CCCC3O)o1. The van der Waals surface area contributed by atoms with Crippen LogP contribution in [0.3, 0.4) is 0 Å². The summed E-state index contributed by atoms with van der Waals surface area (Å²) < 4.78 is 7.78. The zero-order chi connectivity index (χ0) is 11.8. The van der Waals surface area contributed by atoms with Crippen molar-refractivity contribution in [3.8, 4) is 0 Å². The predicted molar refractivity (Wildman–Crippen MR) is 64.9 cm³/mol. The van der Waals surface area contributed by atoms with E-state index in [0.29, 0.717) is 0 Å². The first-order valence-electron chi connectivity index (χ1n) is 6.15. The van der Waals surface area contributed by atoms with Crippen molar-refractivity contribution in [1.82, 2.24) is 4.57 Å². The van der Waals surface area contributed by atoms with Crippen molar-refractivity contribution in [1.29, 1.82) is 0 Å². The van der Waals surface area contributed by atoms with Crippen molar-refractivity contribution in [2.24, 2.45) is 0 Å². The minimum atomic E-state index is -0.279. The van der Waals surface area contributed by atoms with Crippen LogP contribution in [-0.2, 0) is 13.0 Å². The monoisotopic (exact) mass is 231 g/mol. The number of rotatable bonds is 2. The van der Waals surface area contributed by atoms with Crippen LogP contribution < -0.4 is 0 Å². The van der Waals surface area contributed by atoms with Gasteiger partial charge in [0.1, 0.15) is 11.5 Å². The summed E-state index contributed by atoms with van der Waals surface area (Å²) in [5.41, 5.74) is 2.36. The van der Waals surface area contributed by atoms with Crippen LogP contribution >= 0.6 is 0 Å². The smallest absolute Gasteiger partial charge is 0.123 e. The van der Waals surface area contributed by atoms with Crippen LogP contribution in [-0.4, -0.2) is 9.67 Å². The lowest BCUT2D eigenvalue weighted by molar-refractivity contribution is 0.155. The molecule has 0 saturated heterocycles. The van der Waals surface area contributed by atoms with Crippen LogP contribution in [0.1, 0.15) is 41.7 Å². The van der Waals surface area contributed by atoms with Gasteiger partial charge in [0, 0.05) is 17.5 Å². The molecule has 2 aromatic heterocycles. The van der Waals surface area contributed by atoms with E-state index < -0.39 is 0 Å². The normalized spacial score (nSPS) is 19.3. The molecule has 3 nitrogen and oxygen atoms in total. The highest BCUT2D eigenvalue weighted by atomic mass is 16.3. The maximum absolute atomic E-state index is 9.91. The number of aromatic nitrogens is 1. The molecule has 17 heavy (non-hydrogen) atoms. The van der Waals surface area contributed by atoms with E-state index in [4.69, 9.17) is 4.42 Å². The van der Waals surface area contributed by atoms with Gasteiger partial charge in [-0.3, -0.25) is 0 Å². The summed E-state index contributed by atoms with van der Waals surface area (Å²) in [6, 6.07) is 6.04. The molecule has 1 unspecified atom stereocenters. The standard InChI is InChI=1S/C14H17NO2/c1-10-5-6-11(17-10)9-15-8-7-12-13(15)3-2-4-14(12)16/h5-8,14,16H,2-4,9H2,1H3. The number of hydrogen-bond donors (Lipinski definition) is 1. The first-order valence-corrected chi connectivity index (χ1v) is 6.15. The molecule has 0 saturated carbocycles. The Morgan fingerprint density at radius 1 is 1.41 bits per heavy atom. The summed E-state index contributed by atoms with van der Waals surface area (Å²) >= 11 is 0. The second-order valence-electron chi connectivity index (χ2n) is 4.77. The van der Waals surface area contributed by atoms with Crippen LogP contribution in [0.15, 0.2) is 28.8 Å². The van der Waals surface area contributed by atoms with Gasteiger partial charge in [-0.15, -0.1) is 0 Å². The maximum atomic E-state index is 9.91. The molecule has 1 aliphatic rings. The van der Waals surface area contributed by atoms with Gasteiger partial charge in [-0.05, 0) is 44.4 Å². The fourth-order valence-corrected chi connectivity index (χ4v) is 2.62. The number of fused-ring (bicyclic) bond motifs is 1. The zero-order valence-electron chi connectivity index (χ0n) is 10.0. The van der Waals surface area contributed by atoms with Crippen LogP contribution in [0, 0.1) is 6.92 Å². The summed E-state index contributed by atoms with van der Waals surface area (Å²) in [6.45, 7) is 2.72.